The highest BCUT2D eigenvalue weighted by molar-refractivity contribution is 6.07. The molecule has 0 saturated heterocycles. The minimum atomic E-state index is 0.0207. The molecule has 0 radical (unpaired) electrons. The lowest BCUT2D eigenvalue weighted by Gasteiger charge is -2.30. The predicted molar refractivity (Wildman–Crippen MR) is 117 cm³/mol. The lowest BCUT2D eigenvalue weighted by molar-refractivity contribution is -0.116. The van der Waals surface area contributed by atoms with E-state index in [0.29, 0.717) is 24.4 Å². The molecule has 1 saturated carbocycles. The van der Waals surface area contributed by atoms with Crippen LogP contribution in [0.2, 0.25) is 0 Å². The van der Waals surface area contributed by atoms with Crippen molar-refractivity contribution in [2.24, 2.45) is 5.92 Å². The molecule has 0 spiro atoms. The highest BCUT2D eigenvalue weighted by atomic mass is 16.2. The van der Waals surface area contributed by atoms with Crippen molar-refractivity contribution in [1.29, 1.82) is 0 Å². The topological polar surface area (TPSA) is 49.4 Å². The Morgan fingerprint density at radius 2 is 1.76 bits per heavy atom. The monoisotopic (exact) mass is 390 g/mol. The minimum Gasteiger partial charge on any atom is -0.326 e. The maximum Gasteiger partial charge on any atom is 0.258 e. The third-order valence-corrected chi connectivity index (χ3v) is 6.26. The summed E-state index contributed by atoms with van der Waals surface area (Å²) < 4.78 is 0. The molecule has 2 aliphatic rings. The Morgan fingerprint density at radius 1 is 0.966 bits per heavy atom. The molecule has 4 nitrogen and oxygen atoms in total. The van der Waals surface area contributed by atoms with Crippen molar-refractivity contribution < 1.29 is 9.59 Å². The van der Waals surface area contributed by atoms with Gasteiger partial charge in [0.25, 0.3) is 5.91 Å². The van der Waals surface area contributed by atoms with E-state index in [1.165, 1.54) is 37.7 Å². The van der Waals surface area contributed by atoms with Crippen molar-refractivity contribution in [2.75, 3.05) is 16.8 Å². The first-order valence-corrected chi connectivity index (χ1v) is 11.0. The van der Waals surface area contributed by atoms with Gasteiger partial charge in [-0.25, -0.2) is 0 Å². The van der Waals surface area contributed by atoms with Gasteiger partial charge in [0.1, 0.15) is 0 Å². The molecule has 2 amide bonds. The lowest BCUT2D eigenvalue weighted by atomic mass is 9.86. The molecular formula is C25H30N2O2. The van der Waals surface area contributed by atoms with Crippen molar-refractivity contribution in [2.45, 2.75) is 57.8 Å². The number of amides is 2. The van der Waals surface area contributed by atoms with Gasteiger partial charge in [0, 0.05) is 29.9 Å². The van der Waals surface area contributed by atoms with Crippen LogP contribution in [0.5, 0.6) is 0 Å². The Kier molecular flexibility index (Phi) is 6.28. The van der Waals surface area contributed by atoms with Crippen molar-refractivity contribution in [3.8, 4) is 0 Å². The number of carbonyl (C=O) groups excluding carboxylic acids is 2. The van der Waals surface area contributed by atoms with E-state index in [9.17, 15) is 9.59 Å². The normalized spacial score (nSPS) is 16.9. The summed E-state index contributed by atoms with van der Waals surface area (Å²) in [5.41, 5.74) is 3.57. The fourth-order valence-electron chi connectivity index (χ4n) is 4.63. The number of nitrogens with one attached hydrogen (secondary N) is 1. The van der Waals surface area contributed by atoms with Gasteiger partial charge in [-0.15, -0.1) is 0 Å². The molecule has 0 atom stereocenters. The van der Waals surface area contributed by atoms with Gasteiger partial charge in [-0.2, -0.15) is 0 Å². The molecule has 1 N–H and O–H groups in total. The Balaban J connectivity index is 1.43. The summed E-state index contributed by atoms with van der Waals surface area (Å²) in [6.07, 6.45) is 9.97. The summed E-state index contributed by atoms with van der Waals surface area (Å²) in [5, 5.41) is 3.05. The summed E-state index contributed by atoms with van der Waals surface area (Å²) in [6, 6.07) is 15.4. The van der Waals surface area contributed by atoms with Gasteiger partial charge in [0.15, 0.2) is 0 Å². The van der Waals surface area contributed by atoms with Crippen molar-refractivity contribution in [3.63, 3.8) is 0 Å². The zero-order valence-corrected chi connectivity index (χ0v) is 17.0. The molecule has 29 heavy (non-hydrogen) atoms. The van der Waals surface area contributed by atoms with Crippen LogP contribution in [-0.4, -0.2) is 18.4 Å². The number of carbonyl (C=O) groups is 2. The Morgan fingerprint density at radius 3 is 2.55 bits per heavy atom. The van der Waals surface area contributed by atoms with Crippen LogP contribution in [0, 0.1) is 5.92 Å². The molecule has 2 aromatic rings. The number of benzene rings is 2. The van der Waals surface area contributed by atoms with Gasteiger partial charge in [-0.05, 0) is 55.0 Å². The molecule has 1 heterocycles. The molecule has 0 bridgehead atoms. The second kappa shape index (κ2) is 9.25. The zero-order chi connectivity index (χ0) is 20.1. The first-order chi connectivity index (χ1) is 14.2. The smallest absolute Gasteiger partial charge is 0.258 e. The van der Waals surface area contributed by atoms with Gasteiger partial charge in [-0.1, -0.05) is 56.4 Å². The Labute approximate surface area is 173 Å². The molecule has 1 fully saturated rings. The Hall–Kier alpha value is -2.62. The first kappa shape index (κ1) is 19.7. The average molecular weight is 391 g/mol. The van der Waals surface area contributed by atoms with Gasteiger partial charge < -0.3 is 10.2 Å². The van der Waals surface area contributed by atoms with Gasteiger partial charge in [0.2, 0.25) is 5.91 Å². The first-order valence-electron chi connectivity index (χ1n) is 11.0. The van der Waals surface area contributed by atoms with E-state index >= 15 is 0 Å². The van der Waals surface area contributed by atoms with Crippen LogP contribution < -0.4 is 10.2 Å². The maximum absolute atomic E-state index is 13.0. The van der Waals surface area contributed by atoms with Gasteiger partial charge in [-0.3, -0.25) is 9.59 Å². The van der Waals surface area contributed by atoms with Crippen molar-refractivity contribution >= 4 is 23.2 Å². The van der Waals surface area contributed by atoms with Gasteiger partial charge >= 0.3 is 0 Å². The molecule has 0 unspecified atom stereocenters. The van der Waals surface area contributed by atoms with E-state index in [2.05, 4.69) is 11.4 Å². The maximum atomic E-state index is 13.0. The molecule has 0 aromatic heterocycles. The molecule has 1 aliphatic carbocycles. The molecule has 4 rings (SSSR count). The number of hydrogen-bond acceptors (Lipinski definition) is 2. The van der Waals surface area contributed by atoms with E-state index in [-0.39, 0.29) is 11.8 Å². The SMILES string of the molecule is O=C(CCC1CCCCC1)Nc1ccc2c(c1)N(C(=O)c1ccccc1)CCC2. The van der Waals surface area contributed by atoms with E-state index in [1.807, 2.05) is 47.4 Å². The van der Waals surface area contributed by atoms with Crippen LogP contribution in [0.15, 0.2) is 48.5 Å². The second-order valence-electron chi connectivity index (χ2n) is 8.36. The summed E-state index contributed by atoms with van der Waals surface area (Å²) >= 11 is 0. The molecule has 1 aliphatic heterocycles. The number of fused-ring (bicyclic) bond motifs is 1. The number of aryl methyl sites for hydroxylation is 1. The number of nitrogens with zero attached hydrogens (tertiary/aromatic N) is 1. The molecule has 152 valence electrons. The molecule has 4 heteroatoms. The highest BCUT2D eigenvalue weighted by Gasteiger charge is 2.24. The van der Waals surface area contributed by atoms with Crippen LogP contribution in [-0.2, 0) is 11.2 Å². The van der Waals surface area contributed by atoms with Crippen LogP contribution in [0.4, 0.5) is 11.4 Å². The van der Waals surface area contributed by atoms with Crippen molar-refractivity contribution in [1.82, 2.24) is 0 Å². The van der Waals surface area contributed by atoms with E-state index in [0.717, 1.165) is 30.6 Å². The Bertz CT molecular complexity index is 856. The summed E-state index contributed by atoms with van der Waals surface area (Å²) in [7, 11) is 0. The third kappa shape index (κ3) is 4.87. The summed E-state index contributed by atoms with van der Waals surface area (Å²) in [6.45, 7) is 0.708. The summed E-state index contributed by atoms with van der Waals surface area (Å²) in [5.74, 6) is 0.802. The lowest BCUT2D eigenvalue weighted by Crippen LogP contribution is -2.35. The van der Waals surface area contributed by atoms with Gasteiger partial charge in [0.05, 0.1) is 0 Å². The number of rotatable bonds is 5. The van der Waals surface area contributed by atoms with E-state index in [1.54, 1.807) is 0 Å². The largest absolute Gasteiger partial charge is 0.326 e. The predicted octanol–water partition coefficient (Wildman–Crippen LogP) is 5.58. The number of anilines is 2. The molecule has 2 aromatic carbocycles. The highest BCUT2D eigenvalue weighted by Crippen LogP contribution is 2.32. The van der Waals surface area contributed by atoms with Crippen LogP contribution >= 0.6 is 0 Å². The van der Waals surface area contributed by atoms with Crippen molar-refractivity contribution in [3.05, 3.63) is 59.7 Å². The molecular weight excluding hydrogens is 360 g/mol. The zero-order valence-electron chi connectivity index (χ0n) is 17.0. The van der Waals surface area contributed by atoms with E-state index in [4.69, 9.17) is 0 Å². The second-order valence-corrected chi connectivity index (χ2v) is 8.36. The standard InChI is InChI=1S/C25H30N2O2/c28-24(16-13-19-8-3-1-4-9-19)26-22-15-14-20-12-7-17-27(23(20)18-22)25(29)21-10-5-2-6-11-21/h2,5-6,10-11,14-15,18-19H,1,3-4,7-9,12-13,16-17H2,(H,26,28). The average Bonchev–Trinajstić information content (AvgIpc) is 2.78. The van der Waals surface area contributed by atoms with Crippen LogP contribution in [0.1, 0.15) is 67.3 Å². The fraction of sp³-hybridized carbons (Fsp3) is 0.440. The summed E-state index contributed by atoms with van der Waals surface area (Å²) in [4.78, 5) is 27.3. The van der Waals surface area contributed by atoms with Crippen LogP contribution in [0.25, 0.3) is 0 Å². The van der Waals surface area contributed by atoms with Crippen LogP contribution in [0.3, 0.4) is 0 Å². The minimum absolute atomic E-state index is 0.0207. The van der Waals surface area contributed by atoms with E-state index < -0.39 is 0 Å². The fourth-order valence-corrected chi connectivity index (χ4v) is 4.63. The third-order valence-electron chi connectivity index (χ3n) is 6.26. The quantitative estimate of drug-likeness (QED) is 0.725. The number of hydrogen-bond donors (Lipinski definition) is 1.